The fourth-order valence-corrected chi connectivity index (χ4v) is 0.647. The number of alkyl halides is 2. The first kappa shape index (κ1) is 11.4. The second-order valence-electron chi connectivity index (χ2n) is 2.38. The largest absolute Gasteiger partial charge is 0.307 e. The normalized spacial score (nSPS) is 11.5. The van der Waals surface area contributed by atoms with Crippen LogP contribution in [0, 0.1) is 0 Å². The van der Waals surface area contributed by atoms with Gasteiger partial charge in [0.2, 0.25) is 5.83 Å². The summed E-state index contributed by atoms with van der Waals surface area (Å²) < 4.78 is 59.4. The van der Waals surface area contributed by atoms with Crippen LogP contribution in [0.2, 0.25) is 0 Å². The summed E-state index contributed by atoms with van der Waals surface area (Å²) in [6.07, 6.45) is -3.37. The van der Waals surface area contributed by atoms with Crippen LogP contribution in [0.1, 0.15) is 26.2 Å². The van der Waals surface area contributed by atoms with Crippen LogP contribution in [0.5, 0.6) is 0 Å². The number of allylic oxidation sites excluding steroid dienone is 1. The lowest BCUT2D eigenvalue weighted by molar-refractivity contribution is 0.000490. The van der Waals surface area contributed by atoms with Gasteiger partial charge in [-0.3, -0.25) is 0 Å². The zero-order valence-corrected chi connectivity index (χ0v) is 6.51. The van der Waals surface area contributed by atoms with Gasteiger partial charge in [-0.15, -0.1) is 0 Å². The molecular weight excluding hydrogens is 179 g/mol. The Labute approximate surface area is 67.1 Å². The van der Waals surface area contributed by atoms with Crippen LogP contribution in [0.15, 0.2) is 11.9 Å². The quantitative estimate of drug-likeness (QED) is 0.587. The summed E-state index contributed by atoms with van der Waals surface area (Å²) in [6.45, 7) is 1.61. The maximum atomic E-state index is 12.3. The van der Waals surface area contributed by atoms with E-state index in [4.69, 9.17) is 0 Å². The van der Waals surface area contributed by atoms with Crippen molar-refractivity contribution < 1.29 is 22.0 Å². The number of hydrogen-bond acceptors (Lipinski definition) is 0. The van der Waals surface area contributed by atoms with Crippen molar-refractivity contribution in [3.63, 3.8) is 0 Å². The number of rotatable bonds is 4. The Kier molecular flexibility index (Phi) is 4.20. The van der Waals surface area contributed by atoms with Crippen LogP contribution in [0.4, 0.5) is 22.0 Å². The van der Waals surface area contributed by atoms with Gasteiger partial charge < -0.3 is 0 Å². The first-order chi connectivity index (χ1) is 5.41. The molecule has 0 unspecified atom stereocenters. The van der Waals surface area contributed by atoms with E-state index in [0.29, 0.717) is 6.42 Å². The summed E-state index contributed by atoms with van der Waals surface area (Å²) in [6, 6.07) is 0. The van der Waals surface area contributed by atoms with Crippen LogP contribution in [0.3, 0.4) is 0 Å². The molecule has 0 atom stereocenters. The maximum Gasteiger partial charge on any atom is 0.307 e. The Balaban J connectivity index is 4.29. The second-order valence-corrected chi connectivity index (χ2v) is 2.38. The topological polar surface area (TPSA) is 0 Å². The monoisotopic (exact) mass is 188 g/mol. The highest BCUT2D eigenvalue weighted by molar-refractivity contribution is 5.04. The molecular formula is C7H9F5. The van der Waals surface area contributed by atoms with E-state index in [1.165, 1.54) is 0 Å². The van der Waals surface area contributed by atoms with Gasteiger partial charge in [0.15, 0.2) is 0 Å². The molecule has 0 spiro atoms. The molecule has 0 aliphatic heterocycles. The third-order valence-electron chi connectivity index (χ3n) is 1.33. The minimum absolute atomic E-state index is 0.0215. The first-order valence-corrected chi connectivity index (χ1v) is 3.51. The summed E-state index contributed by atoms with van der Waals surface area (Å²) >= 11 is 0. The number of hydrogen-bond donors (Lipinski definition) is 0. The molecule has 0 heterocycles. The summed E-state index contributed by atoms with van der Waals surface area (Å²) in [5, 5.41) is 0. The van der Waals surface area contributed by atoms with Crippen molar-refractivity contribution in [2.24, 2.45) is 0 Å². The molecule has 0 aromatic rings. The molecule has 0 nitrogen and oxygen atoms in total. The summed E-state index contributed by atoms with van der Waals surface area (Å²) in [5.74, 6) is -6.61. The predicted molar refractivity (Wildman–Crippen MR) is 34.8 cm³/mol. The van der Waals surface area contributed by atoms with Crippen LogP contribution in [-0.4, -0.2) is 5.92 Å². The molecule has 0 fully saturated rings. The summed E-state index contributed by atoms with van der Waals surface area (Å²) in [7, 11) is 0. The zero-order valence-electron chi connectivity index (χ0n) is 6.51. The highest BCUT2D eigenvalue weighted by atomic mass is 19.3. The first-order valence-electron chi connectivity index (χ1n) is 3.51. The van der Waals surface area contributed by atoms with Gasteiger partial charge in [0, 0.05) is 6.42 Å². The van der Waals surface area contributed by atoms with E-state index < -0.39 is 24.3 Å². The van der Waals surface area contributed by atoms with Gasteiger partial charge in [-0.1, -0.05) is 13.3 Å². The van der Waals surface area contributed by atoms with Crippen molar-refractivity contribution in [2.75, 3.05) is 0 Å². The molecule has 72 valence electrons. The zero-order chi connectivity index (χ0) is 9.78. The standard InChI is InChI=1S/C7H9F5/c1-2-3-4-7(11,12)5(8)6(9)10/h2-4H2,1H3. The molecule has 0 bridgehead atoms. The fourth-order valence-electron chi connectivity index (χ4n) is 0.647. The molecule has 5 heteroatoms. The van der Waals surface area contributed by atoms with E-state index in [1.807, 2.05) is 0 Å². The van der Waals surface area contributed by atoms with Crippen LogP contribution < -0.4 is 0 Å². The van der Waals surface area contributed by atoms with Gasteiger partial charge in [-0.05, 0) is 6.42 Å². The Morgan fingerprint density at radius 1 is 1.17 bits per heavy atom. The minimum atomic E-state index is -4.01. The molecule has 0 amide bonds. The van der Waals surface area contributed by atoms with E-state index in [2.05, 4.69) is 0 Å². The van der Waals surface area contributed by atoms with Crippen LogP contribution >= 0.6 is 0 Å². The number of halogens is 5. The molecule has 0 saturated heterocycles. The second kappa shape index (κ2) is 4.42. The molecule has 0 N–H and O–H groups in total. The van der Waals surface area contributed by atoms with Crippen LogP contribution in [-0.2, 0) is 0 Å². The molecule has 0 radical (unpaired) electrons. The Hall–Kier alpha value is -0.610. The van der Waals surface area contributed by atoms with Crippen LogP contribution in [0.25, 0.3) is 0 Å². The van der Waals surface area contributed by atoms with E-state index in [1.54, 1.807) is 6.92 Å². The maximum absolute atomic E-state index is 12.3. The molecule has 0 aromatic carbocycles. The van der Waals surface area contributed by atoms with Crippen molar-refractivity contribution >= 4 is 0 Å². The molecule has 0 rings (SSSR count). The molecule has 0 aromatic heterocycles. The number of unbranched alkanes of at least 4 members (excludes halogenated alkanes) is 1. The van der Waals surface area contributed by atoms with E-state index in [9.17, 15) is 22.0 Å². The van der Waals surface area contributed by atoms with Crippen molar-refractivity contribution in [2.45, 2.75) is 32.1 Å². The minimum Gasteiger partial charge on any atom is -0.199 e. The van der Waals surface area contributed by atoms with Gasteiger partial charge in [-0.25, -0.2) is 0 Å². The van der Waals surface area contributed by atoms with E-state index in [-0.39, 0.29) is 6.42 Å². The summed E-state index contributed by atoms with van der Waals surface area (Å²) in [5.41, 5.74) is 0. The lowest BCUT2D eigenvalue weighted by Crippen LogP contribution is -2.17. The SMILES string of the molecule is CCCCC(F)(F)C(F)=C(F)F. The van der Waals surface area contributed by atoms with Crippen molar-refractivity contribution in [1.82, 2.24) is 0 Å². The fraction of sp³-hybridized carbons (Fsp3) is 0.714. The molecule has 0 saturated carbocycles. The van der Waals surface area contributed by atoms with Gasteiger partial charge in [0.1, 0.15) is 0 Å². The lowest BCUT2D eigenvalue weighted by Gasteiger charge is -2.11. The van der Waals surface area contributed by atoms with E-state index in [0.717, 1.165) is 0 Å². The lowest BCUT2D eigenvalue weighted by atomic mass is 10.1. The average Bonchev–Trinajstić information content (AvgIpc) is 1.99. The van der Waals surface area contributed by atoms with Crippen molar-refractivity contribution in [1.29, 1.82) is 0 Å². The van der Waals surface area contributed by atoms with E-state index >= 15 is 0 Å². The van der Waals surface area contributed by atoms with Crippen molar-refractivity contribution in [3.05, 3.63) is 11.9 Å². The molecule has 0 aliphatic carbocycles. The highest BCUT2D eigenvalue weighted by Crippen LogP contribution is 2.33. The van der Waals surface area contributed by atoms with Gasteiger partial charge >= 0.3 is 12.0 Å². The van der Waals surface area contributed by atoms with Gasteiger partial charge in [-0.2, -0.15) is 22.0 Å². The summed E-state index contributed by atoms with van der Waals surface area (Å²) in [4.78, 5) is 0. The van der Waals surface area contributed by atoms with Crippen molar-refractivity contribution in [3.8, 4) is 0 Å². The highest BCUT2D eigenvalue weighted by Gasteiger charge is 2.37. The smallest absolute Gasteiger partial charge is 0.199 e. The third kappa shape index (κ3) is 3.19. The van der Waals surface area contributed by atoms with Gasteiger partial charge in [0.05, 0.1) is 0 Å². The molecule has 0 aliphatic rings. The Bertz CT molecular complexity index is 169. The Morgan fingerprint density at radius 3 is 2.00 bits per heavy atom. The Morgan fingerprint density at radius 2 is 1.67 bits per heavy atom. The third-order valence-corrected chi connectivity index (χ3v) is 1.33. The van der Waals surface area contributed by atoms with Gasteiger partial charge in [0.25, 0.3) is 0 Å². The predicted octanol–water partition coefficient (Wildman–Crippen LogP) is 3.89. The average molecular weight is 188 g/mol. The molecule has 12 heavy (non-hydrogen) atoms.